The van der Waals surface area contributed by atoms with Crippen molar-refractivity contribution in [1.29, 1.82) is 0 Å². The zero-order valence-electron chi connectivity index (χ0n) is 20.8. The van der Waals surface area contributed by atoms with Gasteiger partial charge < -0.3 is 0 Å². The molecule has 0 saturated carbocycles. The fourth-order valence-electron chi connectivity index (χ4n) is 5.03. The van der Waals surface area contributed by atoms with E-state index in [-0.39, 0.29) is 11.0 Å². The Hall–Kier alpha value is -2.07. The van der Waals surface area contributed by atoms with Gasteiger partial charge in [-0.1, -0.05) is 0 Å². The molecule has 0 bridgehead atoms. The van der Waals surface area contributed by atoms with Crippen LogP contribution in [0.2, 0.25) is 0 Å². The van der Waals surface area contributed by atoms with E-state index >= 15 is 0 Å². The van der Waals surface area contributed by atoms with E-state index in [0.717, 1.165) is 88.7 Å². The Morgan fingerprint density at radius 3 is 1.57 bits per heavy atom. The Morgan fingerprint density at radius 1 is 0.825 bits per heavy atom. The molecule has 1 aromatic carbocycles. The first-order valence-electron chi connectivity index (χ1n) is 12.3. The molecule has 0 unspecified atom stereocenters. The van der Waals surface area contributed by atoms with Gasteiger partial charge in [-0.25, -0.2) is 0 Å². The van der Waals surface area contributed by atoms with Crippen molar-refractivity contribution in [2.45, 2.75) is 44.7 Å². The average molecular weight is 633 g/mol. The topological polar surface area (TPSA) is 92.8 Å². The molecule has 2 aromatic rings. The molecule has 40 heavy (non-hydrogen) atoms. The average Bonchev–Trinajstić information content (AvgIpc) is 3.61. The van der Waals surface area contributed by atoms with Crippen molar-refractivity contribution in [3.05, 3.63) is 27.8 Å². The summed E-state index contributed by atoms with van der Waals surface area (Å²) in [5.41, 5.74) is -2.21. The summed E-state index contributed by atoms with van der Waals surface area (Å²) < 4.78 is 113. The summed E-state index contributed by atoms with van der Waals surface area (Å²) in [6.07, 6.45) is 1.38. The second-order valence-corrected chi connectivity index (χ2v) is 14.4. The number of nitrogens with zero attached hydrogens (tertiary/aromatic N) is 7. The van der Waals surface area contributed by atoms with Crippen LogP contribution in [0.5, 0.6) is 0 Å². The third-order valence-corrected chi connectivity index (χ3v) is 10.3. The van der Waals surface area contributed by atoms with Crippen LogP contribution in [0.25, 0.3) is 11.0 Å². The van der Waals surface area contributed by atoms with Gasteiger partial charge in [-0.05, 0) is 54.6 Å². The molecule has 4 heterocycles. The van der Waals surface area contributed by atoms with Crippen LogP contribution in [0.15, 0.2) is 12.1 Å². The molecule has 5 rings (SSSR count). The van der Waals surface area contributed by atoms with Crippen molar-refractivity contribution in [3.8, 4) is 0 Å². The predicted molar refractivity (Wildman–Crippen MR) is 129 cm³/mol. The molecular weight excluding hydrogens is 607 g/mol. The van der Waals surface area contributed by atoms with E-state index in [4.69, 9.17) is 4.62 Å². The first-order valence-corrected chi connectivity index (χ1v) is 15.9. The van der Waals surface area contributed by atoms with Gasteiger partial charge in [0.05, 0.1) is 10.5 Å². The summed E-state index contributed by atoms with van der Waals surface area (Å²) in [6.45, 7) is 5.01. The molecule has 3 aliphatic heterocycles. The number of halogens is 9. The summed E-state index contributed by atoms with van der Waals surface area (Å²) in [6, 6.07) is 1.35. The molecule has 0 radical (unpaired) electrons. The molecule has 10 nitrogen and oxygen atoms in total. The van der Waals surface area contributed by atoms with E-state index in [2.05, 4.69) is 24.3 Å². The van der Waals surface area contributed by atoms with Crippen molar-refractivity contribution in [2.75, 3.05) is 39.3 Å². The van der Waals surface area contributed by atoms with Crippen LogP contribution in [-0.4, -0.2) is 73.4 Å². The van der Waals surface area contributed by atoms with Gasteiger partial charge in [0, 0.05) is 45.3 Å². The molecule has 0 spiro atoms. The van der Waals surface area contributed by atoms with Crippen LogP contribution in [0.1, 0.15) is 44.1 Å². The van der Waals surface area contributed by atoms with Crippen LogP contribution in [-0.2, 0) is 6.18 Å². The number of aromatic nitrogens is 3. The van der Waals surface area contributed by atoms with E-state index in [9.17, 15) is 48.5 Å². The Labute approximate surface area is 221 Å². The Morgan fingerprint density at radius 2 is 1.23 bits per heavy atom. The SMILES string of the molecule is F[P-](F)(F)(F)(F)F.O=[N+]([O-])c1cc(C(F)(F)F)cc2c1nnn2O[P+](N1CCCC1)(N1CCCC1)N1CCCC1. The van der Waals surface area contributed by atoms with Crippen LogP contribution in [0, 0.1) is 10.1 Å². The monoisotopic (exact) mass is 633 g/mol. The van der Waals surface area contributed by atoms with Crippen molar-refractivity contribution in [3.63, 3.8) is 0 Å². The largest absolute Gasteiger partial charge is 0.451 e. The van der Waals surface area contributed by atoms with Crippen molar-refractivity contribution in [1.82, 2.24) is 29.2 Å². The summed E-state index contributed by atoms with van der Waals surface area (Å²) in [7, 11) is -13.3. The molecule has 1 aromatic heterocycles. The fraction of sp³-hybridized carbons (Fsp3) is 0.684. The van der Waals surface area contributed by atoms with Gasteiger partial charge in [0.1, 0.15) is 5.52 Å². The number of hydrogen-bond acceptors (Lipinski definition) is 8. The standard InChI is InChI=1S/C19H26F3N7O3P.F6P/c20-19(21,22)15-13-16-18(17(14-15)29(30)31)23-24-28(16)32-33(25-7-1-2-8-25,26-9-3-4-10-26)27-11-5-6-12-27;1-7(2,3,4,5)6/h13-14H,1-12H2;/q+1;-1. The molecule has 3 aliphatic rings. The van der Waals surface area contributed by atoms with Crippen LogP contribution < -0.4 is 4.62 Å². The zero-order chi connectivity index (χ0) is 29.6. The normalized spacial score (nSPS) is 21.7. The Balaban J connectivity index is 0.000000470. The molecule has 0 N–H and O–H groups in total. The number of fused-ring (bicyclic) bond motifs is 1. The second kappa shape index (κ2) is 10.0. The van der Waals surface area contributed by atoms with Gasteiger partial charge in [0.15, 0.2) is 5.52 Å². The van der Waals surface area contributed by atoms with Crippen LogP contribution >= 0.6 is 15.8 Å². The maximum atomic E-state index is 13.5. The minimum atomic E-state index is -10.7. The molecule has 228 valence electrons. The smallest absolute Gasteiger partial charge is 0.258 e. The third kappa shape index (κ3) is 7.41. The number of nitro groups is 1. The number of benzene rings is 1. The molecule has 3 fully saturated rings. The third-order valence-electron chi connectivity index (χ3n) is 6.57. The molecule has 21 heteroatoms. The van der Waals surface area contributed by atoms with Gasteiger partial charge in [0.2, 0.25) is 0 Å². The molecule has 0 atom stereocenters. The van der Waals surface area contributed by atoms with Crippen molar-refractivity contribution in [2.24, 2.45) is 0 Å². The summed E-state index contributed by atoms with van der Waals surface area (Å²) in [5, 5.41) is 19.4. The second-order valence-electron chi connectivity index (χ2n) is 9.62. The van der Waals surface area contributed by atoms with E-state index in [0.29, 0.717) is 6.07 Å². The summed E-state index contributed by atoms with van der Waals surface area (Å²) >= 11 is 0. The van der Waals surface area contributed by atoms with Gasteiger partial charge in [-0.2, -0.15) is 17.8 Å². The predicted octanol–water partition coefficient (Wildman–Crippen LogP) is 7.13. The van der Waals surface area contributed by atoms with Gasteiger partial charge in [0.25, 0.3) is 5.69 Å². The van der Waals surface area contributed by atoms with Crippen molar-refractivity contribution >= 4 is 32.5 Å². The number of rotatable bonds is 6. The van der Waals surface area contributed by atoms with Crippen LogP contribution in [0.4, 0.5) is 44.0 Å². The summed E-state index contributed by atoms with van der Waals surface area (Å²) in [5.74, 6) is 0. The fourth-order valence-corrected chi connectivity index (χ4v) is 9.15. The van der Waals surface area contributed by atoms with Gasteiger partial charge >= 0.3 is 47.1 Å². The first kappa shape index (κ1) is 30.9. The van der Waals surface area contributed by atoms with Gasteiger partial charge in [-0.3, -0.25) is 10.1 Å². The Bertz CT molecular complexity index is 1190. The molecule has 0 aliphatic carbocycles. The molecular formula is C19H26F9N7O3P2. The number of nitro benzene ring substituents is 1. The van der Waals surface area contributed by atoms with E-state index in [1.807, 2.05) is 0 Å². The van der Waals surface area contributed by atoms with E-state index in [1.165, 1.54) is 0 Å². The molecule has 3 saturated heterocycles. The van der Waals surface area contributed by atoms with Crippen molar-refractivity contribution < 1.29 is 47.9 Å². The maximum absolute atomic E-state index is 13.5. The van der Waals surface area contributed by atoms with Gasteiger partial charge in [-0.15, -0.1) is 19.1 Å². The number of non-ortho nitro benzene ring substituents is 1. The molecule has 0 amide bonds. The minimum Gasteiger partial charge on any atom is -0.258 e. The number of hydrogen-bond donors (Lipinski definition) is 0. The number of alkyl halides is 3. The zero-order valence-corrected chi connectivity index (χ0v) is 22.6. The van der Waals surface area contributed by atoms with E-state index in [1.54, 1.807) is 0 Å². The first-order chi connectivity index (χ1) is 18.3. The Kier molecular flexibility index (Phi) is 7.75. The summed E-state index contributed by atoms with van der Waals surface area (Å²) in [4.78, 5) is 11.7. The quantitative estimate of drug-likeness (QED) is 0.144. The van der Waals surface area contributed by atoms with Crippen LogP contribution in [0.3, 0.4) is 0 Å². The van der Waals surface area contributed by atoms with E-state index < -0.39 is 38.1 Å². The minimum absolute atomic E-state index is 0.140. The maximum Gasteiger partial charge on any atom is 0.451 e.